The number of carboxylic acid groups (broad SMARTS) is 1. The Balaban J connectivity index is 1.97. The first-order valence-corrected chi connectivity index (χ1v) is 9.86. The molecule has 0 radical (unpaired) electrons. The zero-order chi connectivity index (χ0) is 22.3. The minimum Gasteiger partial charge on any atom is -0.481 e. The summed E-state index contributed by atoms with van der Waals surface area (Å²) in [6.45, 7) is 0. The van der Waals surface area contributed by atoms with Gasteiger partial charge >= 0.3 is 12.1 Å². The van der Waals surface area contributed by atoms with Gasteiger partial charge in [-0.05, 0) is 42.9 Å². The molecular formula is C22H27F3O5. The van der Waals surface area contributed by atoms with E-state index >= 15 is 0 Å². The van der Waals surface area contributed by atoms with Crippen LogP contribution in [-0.2, 0) is 11.0 Å². The van der Waals surface area contributed by atoms with Crippen LogP contribution in [0.15, 0.2) is 48.6 Å². The summed E-state index contributed by atoms with van der Waals surface area (Å²) < 4.78 is 37.9. The predicted molar refractivity (Wildman–Crippen MR) is 104 cm³/mol. The van der Waals surface area contributed by atoms with Crippen LogP contribution in [0, 0.1) is 11.8 Å². The number of unbranched alkanes of at least 4 members (excludes halogenated alkanes) is 1. The maximum absolute atomic E-state index is 12.6. The van der Waals surface area contributed by atoms with Crippen LogP contribution in [0.2, 0.25) is 0 Å². The molecule has 1 aliphatic carbocycles. The average molecular weight is 428 g/mol. The highest BCUT2D eigenvalue weighted by atomic mass is 19.4. The van der Waals surface area contributed by atoms with Crippen LogP contribution in [0.25, 0.3) is 0 Å². The van der Waals surface area contributed by atoms with E-state index in [4.69, 9.17) is 5.11 Å². The third-order valence-electron chi connectivity index (χ3n) is 5.35. The number of allylic oxidation sites excluding steroid dienone is 2. The third-order valence-corrected chi connectivity index (χ3v) is 5.35. The molecule has 0 bridgehead atoms. The summed E-state index contributed by atoms with van der Waals surface area (Å²) in [5.41, 5.74) is -0.505. The van der Waals surface area contributed by atoms with Gasteiger partial charge in [0.2, 0.25) is 0 Å². The molecule has 1 aliphatic rings. The third kappa shape index (κ3) is 6.97. The van der Waals surface area contributed by atoms with E-state index in [9.17, 15) is 33.3 Å². The van der Waals surface area contributed by atoms with Crippen LogP contribution < -0.4 is 0 Å². The lowest BCUT2D eigenvalue weighted by Gasteiger charge is -2.19. The molecule has 1 saturated carbocycles. The van der Waals surface area contributed by atoms with Crippen molar-refractivity contribution >= 4 is 5.97 Å². The zero-order valence-corrected chi connectivity index (χ0v) is 16.4. The van der Waals surface area contributed by atoms with Crippen LogP contribution in [-0.4, -0.2) is 38.6 Å². The highest BCUT2D eigenvalue weighted by Crippen LogP contribution is 2.37. The molecule has 0 saturated heterocycles. The molecule has 8 heteroatoms. The number of benzene rings is 1. The number of hydrogen-bond donors (Lipinski definition) is 4. The number of carbonyl (C=O) groups is 1. The molecule has 0 unspecified atom stereocenters. The van der Waals surface area contributed by atoms with Crippen molar-refractivity contribution in [2.24, 2.45) is 11.8 Å². The molecule has 1 fully saturated rings. The van der Waals surface area contributed by atoms with Gasteiger partial charge in [-0.1, -0.05) is 36.4 Å². The smallest absolute Gasteiger partial charge is 0.416 e. The second-order valence-electron chi connectivity index (χ2n) is 7.55. The number of alkyl halides is 3. The number of aliphatic carboxylic acids is 1. The molecule has 0 spiro atoms. The van der Waals surface area contributed by atoms with Crippen molar-refractivity contribution in [1.29, 1.82) is 0 Å². The van der Waals surface area contributed by atoms with Crippen molar-refractivity contribution in [3.05, 3.63) is 59.7 Å². The fraction of sp³-hybridized carbons (Fsp3) is 0.500. The Morgan fingerprint density at radius 1 is 1.13 bits per heavy atom. The molecule has 0 aliphatic heterocycles. The van der Waals surface area contributed by atoms with Gasteiger partial charge in [0.1, 0.15) is 0 Å². The van der Waals surface area contributed by atoms with E-state index in [1.54, 1.807) is 6.08 Å². The van der Waals surface area contributed by atoms with Gasteiger partial charge in [0.05, 0.1) is 23.9 Å². The summed E-state index contributed by atoms with van der Waals surface area (Å²) in [7, 11) is 0. The molecule has 166 valence electrons. The van der Waals surface area contributed by atoms with Crippen LogP contribution in [0.3, 0.4) is 0 Å². The van der Waals surface area contributed by atoms with E-state index in [0.717, 1.165) is 12.1 Å². The lowest BCUT2D eigenvalue weighted by atomic mass is 9.89. The molecule has 1 aromatic rings. The minimum atomic E-state index is -4.45. The molecule has 2 rings (SSSR count). The number of hydrogen-bond acceptors (Lipinski definition) is 4. The summed E-state index contributed by atoms with van der Waals surface area (Å²) in [6, 6.07) is 4.21. The number of aliphatic hydroxyl groups is 3. The van der Waals surface area contributed by atoms with E-state index in [2.05, 4.69) is 0 Å². The second-order valence-corrected chi connectivity index (χ2v) is 7.55. The van der Waals surface area contributed by atoms with Crippen molar-refractivity contribution in [2.75, 3.05) is 0 Å². The highest BCUT2D eigenvalue weighted by Gasteiger charge is 2.39. The van der Waals surface area contributed by atoms with E-state index in [0.29, 0.717) is 24.8 Å². The normalized spacial score (nSPS) is 25.9. The minimum absolute atomic E-state index is 0.0856. The molecule has 4 N–H and O–H groups in total. The summed E-state index contributed by atoms with van der Waals surface area (Å²) in [5, 5.41) is 39.3. The van der Waals surface area contributed by atoms with Crippen molar-refractivity contribution in [2.45, 2.75) is 56.6 Å². The maximum Gasteiger partial charge on any atom is 0.416 e. The summed E-state index contributed by atoms with van der Waals surface area (Å²) >= 11 is 0. The first kappa shape index (κ1) is 24.1. The topological polar surface area (TPSA) is 98.0 Å². The van der Waals surface area contributed by atoms with E-state index in [-0.39, 0.29) is 18.8 Å². The Kier molecular flexibility index (Phi) is 8.64. The fourth-order valence-electron chi connectivity index (χ4n) is 3.66. The lowest BCUT2D eigenvalue weighted by molar-refractivity contribution is -0.138. The first-order valence-electron chi connectivity index (χ1n) is 9.86. The SMILES string of the molecule is O=C(O)CCC/C=C\C[C@@H]1[C@@H](/C=C/[C@@H](O)c2ccc(C(F)(F)F)cc2)[C@H](O)C[C@@H]1O. The molecule has 0 amide bonds. The molecule has 5 nitrogen and oxygen atoms in total. The Morgan fingerprint density at radius 3 is 2.40 bits per heavy atom. The van der Waals surface area contributed by atoms with Gasteiger partial charge in [-0.15, -0.1) is 0 Å². The van der Waals surface area contributed by atoms with Crippen molar-refractivity contribution in [3.8, 4) is 0 Å². The van der Waals surface area contributed by atoms with E-state index < -0.39 is 41.9 Å². The highest BCUT2D eigenvalue weighted by molar-refractivity contribution is 5.66. The largest absolute Gasteiger partial charge is 0.481 e. The fourth-order valence-corrected chi connectivity index (χ4v) is 3.66. The van der Waals surface area contributed by atoms with Crippen molar-refractivity contribution in [3.63, 3.8) is 0 Å². The van der Waals surface area contributed by atoms with Gasteiger partial charge in [-0.2, -0.15) is 13.2 Å². The molecule has 1 aromatic carbocycles. The Hall–Kier alpha value is -2.16. The van der Waals surface area contributed by atoms with E-state index in [1.807, 2.05) is 12.2 Å². The van der Waals surface area contributed by atoms with Gasteiger partial charge in [0, 0.05) is 18.8 Å². The van der Waals surface area contributed by atoms with Crippen LogP contribution in [0.5, 0.6) is 0 Å². The molecule has 0 heterocycles. The number of rotatable bonds is 9. The van der Waals surface area contributed by atoms with Crippen LogP contribution in [0.1, 0.15) is 49.3 Å². The summed E-state index contributed by atoms with van der Waals surface area (Å²) in [6.07, 6.45) is 1.51. The monoisotopic (exact) mass is 428 g/mol. The molecular weight excluding hydrogens is 401 g/mol. The van der Waals surface area contributed by atoms with Crippen molar-refractivity contribution in [1.82, 2.24) is 0 Å². The summed E-state index contributed by atoms with van der Waals surface area (Å²) in [5.74, 6) is -1.53. The van der Waals surface area contributed by atoms with Crippen LogP contribution >= 0.6 is 0 Å². The number of aliphatic hydroxyl groups excluding tert-OH is 3. The molecule has 5 atom stereocenters. The van der Waals surface area contributed by atoms with Crippen LogP contribution in [0.4, 0.5) is 13.2 Å². The van der Waals surface area contributed by atoms with Gasteiger partial charge in [-0.25, -0.2) is 0 Å². The molecule has 0 aromatic heterocycles. The number of carboxylic acids is 1. The molecule has 30 heavy (non-hydrogen) atoms. The van der Waals surface area contributed by atoms with E-state index in [1.165, 1.54) is 18.2 Å². The van der Waals surface area contributed by atoms with Gasteiger partial charge in [0.15, 0.2) is 0 Å². The Morgan fingerprint density at radius 2 is 1.80 bits per heavy atom. The van der Waals surface area contributed by atoms with Gasteiger partial charge in [0.25, 0.3) is 0 Å². The first-order chi connectivity index (χ1) is 14.1. The van der Waals surface area contributed by atoms with Gasteiger partial charge < -0.3 is 20.4 Å². The average Bonchev–Trinajstić information content (AvgIpc) is 2.94. The zero-order valence-electron chi connectivity index (χ0n) is 16.4. The Bertz CT molecular complexity index is 742. The second kappa shape index (κ2) is 10.7. The quantitative estimate of drug-likeness (QED) is 0.354. The van der Waals surface area contributed by atoms with Gasteiger partial charge in [-0.3, -0.25) is 4.79 Å². The lowest BCUT2D eigenvalue weighted by Crippen LogP contribution is -2.20. The standard InChI is InChI=1S/C22H27F3O5/c23-22(24,25)15-9-7-14(8-10-15)18(26)12-11-17-16(19(27)13-20(17)28)5-3-1-2-4-6-21(29)30/h1,3,7-12,16-20,26-28H,2,4-6,13H2,(H,29,30)/b3-1-,12-11+/t16-,17-,18-,19+,20-/m1/s1. The summed E-state index contributed by atoms with van der Waals surface area (Å²) in [4.78, 5) is 10.5. The maximum atomic E-state index is 12.6. The Labute approximate surface area is 173 Å². The number of halogens is 3. The predicted octanol–water partition coefficient (Wildman–Crippen LogP) is 3.85. The van der Waals surface area contributed by atoms with Crippen molar-refractivity contribution < 1.29 is 38.4 Å².